The monoisotopic (exact) mass is 249 g/mol. The van der Waals surface area contributed by atoms with Crippen LogP contribution in [0.15, 0.2) is 22.9 Å². The van der Waals surface area contributed by atoms with Crippen molar-refractivity contribution in [1.29, 1.82) is 5.26 Å². The van der Waals surface area contributed by atoms with Crippen LogP contribution >= 0.6 is 15.9 Å². The Labute approximate surface area is 90.1 Å². The van der Waals surface area contributed by atoms with Crippen molar-refractivity contribution in [2.75, 3.05) is 0 Å². The summed E-state index contributed by atoms with van der Waals surface area (Å²) in [6, 6.07) is 4.09. The van der Waals surface area contributed by atoms with Crippen molar-refractivity contribution < 1.29 is 0 Å². The molecular formula is C10H8BrN3. The number of rotatable bonds is 1. The Kier molecular flexibility index (Phi) is 2.26. The summed E-state index contributed by atoms with van der Waals surface area (Å²) in [5, 5.41) is 12.8. The Balaban J connectivity index is 2.77. The number of nitriles is 1. The molecule has 0 amide bonds. The van der Waals surface area contributed by atoms with E-state index in [1.807, 2.05) is 19.2 Å². The molecule has 2 rings (SSSR count). The number of nitrogens with zero attached hydrogens (tertiary/aromatic N) is 3. The fourth-order valence-corrected chi connectivity index (χ4v) is 1.82. The third kappa shape index (κ3) is 1.30. The summed E-state index contributed by atoms with van der Waals surface area (Å²) in [7, 11) is 0. The number of halogens is 1. The van der Waals surface area contributed by atoms with E-state index in [2.05, 4.69) is 27.1 Å². The molecule has 0 saturated heterocycles. The molecular weight excluding hydrogens is 242 g/mol. The highest BCUT2D eigenvalue weighted by molar-refractivity contribution is 9.10. The molecule has 3 nitrogen and oxygen atoms in total. The topological polar surface area (TPSA) is 41.1 Å². The molecule has 2 aromatic rings. The molecule has 0 fully saturated rings. The van der Waals surface area contributed by atoms with E-state index in [-0.39, 0.29) is 0 Å². The molecule has 0 aromatic carbocycles. The van der Waals surface area contributed by atoms with Crippen molar-refractivity contribution >= 4 is 21.4 Å². The quantitative estimate of drug-likeness (QED) is 0.780. The van der Waals surface area contributed by atoms with Crippen LogP contribution in [0.3, 0.4) is 0 Å². The number of aryl methyl sites for hydroxylation is 1. The lowest BCUT2D eigenvalue weighted by molar-refractivity contribution is 0.954. The highest BCUT2D eigenvalue weighted by Gasteiger charge is 2.08. The van der Waals surface area contributed by atoms with Gasteiger partial charge in [-0.05, 0) is 18.6 Å². The van der Waals surface area contributed by atoms with Crippen LogP contribution in [0.4, 0.5) is 0 Å². The average Bonchev–Trinajstić information content (AvgIpc) is 2.57. The van der Waals surface area contributed by atoms with E-state index in [1.165, 1.54) is 0 Å². The van der Waals surface area contributed by atoms with Crippen LogP contribution in [0.5, 0.6) is 0 Å². The fraction of sp³-hybridized carbons (Fsp3) is 0.200. The van der Waals surface area contributed by atoms with Gasteiger partial charge in [-0.3, -0.25) is 0 Å². The summed E-state index contributed by atoms with van der Waals surface area (Å²) in [6.07, 6.45) is 4.03. The molecule has 0 saturated carbocycles. The average molecular weight is 250 g/mol. The number of aromatic nitrogens is 2. The summed E-state index contributed by atoms with van der Waals surface area (Å²) in [5.41, 5.74) is 3.13. The Morgan fingerprint density at radius 2 is 2.43 bits per heavy atom. The van der Waals surface area contributed by atoms with Crippen LogP contribution in [0.1, 0.15) is 11.1 Å². The van der Waals surface area contributed by atoms with Gasteiger partial charge in [-0.2, -0.15) is 10.4 Å². The van der Waals surface area contributed by atoms with Crippen molar-refractivity contribution in [2.45, 2.75) is 13.3 Å². The lowest BCUT2D eigenvalue weighted by Crippen LogP contribution is -1.91. The molecule has 0 radical (unpaired) electrons. The lowest BCUT2D eigenvalue weighted by atomic mass is 10.1. The van der Waals surface area contributed by atoms with Gasteiger partial charge in [0.15, 0.2) is 0 Å². The summed E-state index contributed by atoms with van der Waals surface area (Å²) in [4.78, 5) is 0. The predicted octanol–water partition coefficient (Wildman–Crippen LogP) is 2.47. The maximum atomic E-state index is 8.66. The lowest BCUT2D eigenvalue weighted by Gasteiger charge is -2.01. The minimum Gasteiger partial charge on any atom is -0.240 e. The van der Waals surface area contributed by atoms with Crippen LogP contribution in [0, 0.1) is 18.3 Å². The molecule has 70 valence electrons. The van der Waals surface area contributed by atoms with Gasteiger partial charge in [-0.15, -0.1) is 0 Å². The maximum Gasteiger partial charge on any atom is 0.0744 e. The molecule has 2 heterocycles. The van der Waals surface area contributed by atoms with E-state index in [1.54, 1.807) is 10.7 Å². The molecule has 14 heavy (non-hydrogen) atoms. The molecule has 0 spiro atoms. The number of fused-ring (bicyclic) bond motifs is 1. The first-order valence-electron chi connectivity index (χ1n) is 4.22. The van der Waals surface area contributed by atoms with Gasteiger partial charge >= 0.3 is 0 Å². The summed E-state index contributed by atoms with van der Waals surface area (Å²) in [5.74, 6) is 0. The van der Waals surface area contributed by atoms with Crippen LogP contribution in [0.25, 0.3) is 5.52 Å². The van der Waals surface area contributed by atoms with Gasteiger partial charge < -0.3 is 0 Å². The highest BCUT2D eigenvalue weighted by Crippen LogP contribution is 2.23. The van der Waals surface area contributed by atoms with Crippen molar-refractivity contribution in [1.82, 2.24) is 9.61 Å². The SMILES string of the molecule is Cc1c(Br)ccn2ncc(CC#N)c12. The van der Waals surface area contributed by atoms with Crippen LogP contribution in [-0.4, -0.2) is 9.61 Å². The molecule has 0 bridgehead atoms. The van der Waals surface area contributed by atoms with Gasteiger partial charge in [-0.1, -0.05) is 15.9 Å². The Morgan fingerprint density at radius 1 is 1.64 bits per heavy atom. The standard InChI is InChI=1S/C10H8BrN3/c1-7-9(11)3-5-14-10(7)8(2-4-12)6-13-14/h3,5-6H,2H2,1H3. The van der Waals surface area contributed by atoms with E-state index in [0.717, 1.165) is 21.1 Å². The van der Waals surface area contributed by atoms with Gasteiger partial charge in [0.25, 0.3) is 0 Å². The van der Waals surface area contributed by atoms with E-state index >= 15 is 0 Å². The molecule has 0 aliphatic heterocycles. The molecule has 0 aliphatic carbocycles. The minimum absolute atomic E-state index is 0.404. The second-order valence-electron chi connectivity index (χ2n) is 3.09. The first-order chi connectivity index (χ1) is 6.74. The molecule has 2 aromatic heterocycles. The van der Waals surface area contributed by atoms with Crippen molar-refractivity contribution in [3.05, 3.63) is 34.1 Å². The largest absolute Gasteiger partial charge is 0.240 e. The summed E-state index contributed by atoms with van der Waals surface area (Å²) >= 11 is 3.46. The molecule has 0 atom stereocenters. The van der Waals surface area contributed by atoms with Gasteiger partial charge in [-0.25, -0.2) is 4.52 Å². The van der Waals surface area contributed by atoms with E-state index in [4.69, 9.17) is 5.26 Å². The normalized spacial score (nSPS) is 10.4. The third-order valence-corrected chi connectivity index (χ3v) is 3.08. The van der Waals surface area contributed by atoms with E-state index < -0.39 is 0 Å². The first kappa shape index (κ1) is 9.22. The number of hydrogen-bond acceptors (Lipinski definition) is 2. The predicted molar refractivity (Wildman–Crippen MR) is 56.9 cm³/mol. The Morgan fingerprint density at radius 3 is 3.14 bits per heavy atom. The van der Waals surface area contributed by atoms with Crippen molar-refractivity contribution in [3.63, 3.8) is 0 Å². The maximum absolute atomic E-state index is 8.66. The number of hydrogen-bond donors (Lipinski definition) is 0. The van der Waals surface area contributed by atoms with Crippen LogP contribution < -0.4 is 0 Å². The second kappa shape index (κ2) is 3.43. The van der Waals surface area contributed by atoms with Crippen LogP contribution in [-0.2, 0) is 6.42 Å². The molecule has 4 heteroatoms. The van der Waals surface area contributed by atoms with E-state index in [0.29, 0.717) is 6.42 Å². The summed E-state index contributed by atoms with van der Waals surface area (Å²) < 4.78 is 2.84. The zero-order valence-corrected chi connectivity index (χ0v) is 9.24. The highest BCUT2D eigenvalue weighted by atomic mass is 79.9. The zero-order valence-electron chi connectivity index (χ0n) is 7.66. The Bertz CT molecular complexity index is 522. The molecule has 0 aliphatic rings. The smallest absolute Gasteiger partial charge is 0.0744 e. The van der Waals surface area contributed by atoms with Crippen LogP contribution in [0.2, 0.25) is 0 Å². The fourth-order valence-electron chi connectivity index (χ4n) is 1.51. The molecule has 0 unspecified atom stereocenters. The zero-order chi connectivity index (χ0) is 10.1. The van der Waals surface area contributed by atoms with Gasteiger partial charge in [0.1, 0.15) is 0 Å². The van der Waals surface area contributed by atoms with Gasteiger partial charge in [0, 0.05) is 16.2 Å². The number of pyridine rings is 1. The second-order valence-corrected chi connectivity index (χ2v) is 3.94. The Hall–Kier alpha value is -1.34. The third-order valence-electron chi connectivity index (χ3n) is 2.22. The van der Waals surface area contributed by atoms with E-state index in [9.17, 15) is 0 Å². The van der Waals surface area contributed by atoms with Crippen molar-refractivity contribution in [2.24, 2.45) is 0 Å². The minimum atomic E-state index is 0.404. The first-order valence-corrected chi connectivity index (χ1v) is 5.01. The molecule has 0 N–H and O–H groups in total. The van der Waals surface area contributed by atoms with Crippen molar-refractivity contribution in [3.8, 4) is 6.07 Å². The summed E-state index contributed by atoms with van der Waals surface area (Å²) in [6.45, 7) is 2.02. The van der Waals surface area contributed by atoms with Gasteiger partial charge in [0.05, 0.1) is 24.2 Å². The van der Waals surface area contributed by atoms with Gasteiger partial charge in [0.2, 0.25) is 0 Å².